The largest absolute Gasteiger partial charge is 0.389 e. The van der Waals surface area contributed by atoms with Crippen LogP contribution in [0.1, 0.15) is 24.8 Å². The third-order valence-electron chi connectivity index (χ3n) is 3.96. The Labute approximate surface area is 115 Å². The lowest BCUT2D eigenvalue weighted by Gasteiger charge is -2.31. The summed E-state index contributed by atoms with van der Waals surface area (Å²) in [6.45, 7) is 1.16. The van der Waals surface area contributed by atoms with E-state index in [0.717, 1.165) is 22.5 Å². The van der Waals surface area contributed by atoms with Gasteiger partial charge in [0.25, 0.3) is 0 Å². The summed E-state index contributed by atoms with van der Waals surface area (Å²) in [5.41, 5.74) is 8.06. The molecule has 0 aromatic heterocycles. The van der Waals surface area contributed by atoms with E-state index in [-0.39, 0.29) is 0 Å². The van der Waals surface area contributed by atoms with Crippen LogP contribution in [-0.4, -0.2) is 17.6 Å². The third-order valence-corrected chi connectivity index (χ3v) is 4.82. The molecule has 0 amide bonds. The van der Waals surface area contributed by atoms with Gasteiger partial charge in [-0.2, -0.15) is 0 Å². The molecule has 90 valence electrons. The highest BCUT2D eigenvalue weighted by Crippen LogP contribution is 2.42. The summed E-state index contributed by atoms with van der Waals surface area (Å²) >= 11 is 8.73. The second kappa shape index (κ2) is 4.25. The van der Waals surface area contributed by atoms with E-state index in [1.54, 1.807) is 0 Å². The average Bonchev–Trinajstić information content (AvgIpc) is 2.89. The number of nitrogens with two attached hydrogens (primary N) is 1. The molecule has 3 rings (SSSR count). The van der Waals surface area contributed by atoms with E-state index in [2.05, 4.69) is 33.0 Å². The van der Waals surface area contributed by atoms with Crippen molar-refractivity contribution in [2.45, 2.75) is 25.3 Å². The number of anilines is 1. The highest BCUT2D eigenvalue weighted by atomic mass is 79.9. The maximum absolute atomic E-state index is 5.86. The number of hydrogen-bond donors (Lipinski definition) is 1. The molecule has 2 fully saturated rings. The van der Waals surface area contributed by atoms with Gasteiger partial charge in [-0.3, -0.25) is 0 Å². The Bertz CT molecular complexity index is 474. The zero-order valence-corrected chi connectivity index (χ0v) is 11.9. The molecule has 0 spiro atoms. The van der Waals surface area contributed by atoms with Gasteiger partial charge in [-0.15, -0.1) is 0 Å². The molecular weight excluding hydrogens is 296 g/mol. The minimum absolute atomic E-state index is 0.482. The van der Waals surface area contributed by atoms with Crippen LogP contribution in [0.25, 0.3) is 0 Å². The van der Waals surface area contributed by atoms with E-state index in [1.807, 2.05) is 6.07 Å². The van der Waals surface area contributed by atoms with Crippen molar-refractivity contribution in [3.05, 3.63) is 28.2 Å². The summed E-state index contributed by atoms with van der Waals surface area (Å²) in [5.74, 6) is 0.873. The predicted molar refractivity (Wildman–Crippen MR) is 78.5 cm³/mol. The summed E-state index contributed by atoms with van der Waals surface area (Å²) < 4.78 is 1.00. The molecule has 1 aromatic rings. The number of thiocarbonyl (C=S) groups is 1. The molecule has 0 radical (unpaired) electrons. The summed E-state index contributed by atoms with van der Waals surface area (Å²) in [4.78, 5) is 2.98. The van der Waals surface area contributed by atoms with E-state index in [9.17, 15) is 0 Å². The fourth-order valence-electron chi connectivity index (χ4n) is 3.22. The Morgan fingerprint density at radius 2 is 2.24 bits per heavy atom. The summed E-state index contributed by atoms with van der Waals surface area (Å²) in [7, 11) is 0. The molecule has 2 N–H and O–H groups in total. The molecule has 1 heterocycles. The van der Waals surface area contributed by atoms with E-state index in [1.165, 1.54) is 24.9 Å². The van der Waals surface area contributed by atoms with Crippen LogP contribution in [0.15, 0.2) is 22.7 Å². The third kappa shape index (κ3) is 1.87. The van der Waals surface area contributed by atoms with Crippen LogP contribution in [-0.2, 0) is 0 Å². The van der Waals surface area contributed by atoms with Gasteiger partial charge in [0.2, 0.25) is 0 Å². The summed E-state index contributed by atoms with van der Waals surface area (Å²) in [6, 6.07) is 6.90. The van der Waals surface area contributed by atoms with Gasteiger partial charge in [0, 0.05) is 28.3 Å². The molecule has 2 nitrogen and oxygen atoms in total. The van der Waals surface area contributed by atoms with Gasteiger partial charge in [0.1, 0.15) is 4.99 Å². The first-order valence-corrected chi connectivity index (χ1v) is 7.22. The lowest BCUT2D eigenvalue weighted by Crippen LogP contribution is -2.33. The molecule has 1 aliphatic heterocycles. The van der Waals surface area contributed by atoms with Crippen LogP contribution >= 0.6 is 28.1 Å². The monoisotopic (exact) mass is 310 g/mol. The number of benzene rings is 1. The SMILES string of the molecule is NC(=S)c1c(Br)cccc1N1CC2CCC1C2. The Balaban J connectivity index is 2.03. The first-order chi connectivity index (χ1) is 8.16. The van der Waals surface area contributed by atoms with Gasteiger partial charge in [-0.1, -0.05) is 18.3 Å². The molecule has 2 unspecified atom stereocenters. The van der Waals surface area contributed by atoms with Gasteiger partial charge >= 0.3 is 0 Å². The first-order valence-electron chi connectivity index (χ1n) is 6.02. The zero-order valence-electron chi connectivity index (χ0n) is 9.53. The van der Waals surface area contributed by atoms with Crippen molar-refractivity contribution in [1.29, 1.82) is 0 Å². The van der Waals surface area contributed by atoms with Crippen LogP contribution in [0.2, 0.25) is 0 Å². The molecular formula is C13H15BrN2S. The Morgan fingerprint density at radius 3 is 2.82 bits per heavy atom. The van der Waals surface area contributed by atoms with E-state index in [0.29, 0.717) is 11.0 Å². The minimum atomic E-state index is 0.482. The number of fused-ring (bicyclic) bond motifs is 2. The Morgan fingerprint density at radius 1 is 1.41 bits per heavy atom. The average molecular weight is 311 g/mol. The van der Waals surface area contributed by atoms with Crippen LogP contribution in [0.5, 0.6) is 0 Å². The predicted octanol–water partition coefficient (Wildman–Crippen LogP) is 3.07. The second-order valence-corrected chi connectivity index (χ2v) is 6.28. The van der Waals surface area contributed by atoms with Crippen LogP contribution in [0.4, 0.5) is 5.69 Å². The second-order valence-electron chi connectivity index (χ2n) is 4.98. The Kier molecular flexibility index (Phi) is 2.87. The topological polar surface area (TPSA) is 29.3 Å². The van der Waals surface area contributed by atoms with Crippen molar-refractivity contribution in [3.8, 4) is 0 Å². The molecule has 1 aromatic carbocycles. The fourth-order valence-corrected chi connectivity index (χ4v) is 4.13. The standard InChI is InChI=1S/C13H15BrN2S/c14-10-2-1-3-11(12(10)13(15)17)16-7-8-4-5-9(16)6-8/h1-3,8-9H,4-7H2,(H2,15,17). The van der Waals surface area contributed by atoms with Gasteiger partial charge < -0.3 is 10.6 Å². The van der Waals surface area contributed by atoms with E-state index >= 15 is 0 Å². The van der Waals surface area contributed by atoms with Gasteiger partial charge in [-0.05, 0) is 53.2 Å². The van der Waals surface area contributed by atoms with Crippen molar-refractivity contribution in [3.63, 3.8) is 0 Å². The maximum atomic E-state index is 5.86. The van der Waals surface area contributed by atoms with Gasteiger partial charge in [0.05, 0.1) is 0 Å². The molecule has 2 aliphatic rings. The van der Waals surface area contributed by atoms with E-state index < -0.39 is 0 Å². The number of rotatable bonds is 2. The quantitative estimate of drug-likeness (QED) is 0.851. The van der Waals surface area contributed by atoms with Crippen LogP contribution < -0.4 is 10.6 Å². The zero-order chi connectivity index (χ0) is 12.0. The van der Waals surface area contributed by atoms with Crippen LogP contribution in [0, 0.1) is 5.92 Å². The van der Waals surface area contributed by atoms with Crippen molar-refractivity contribution >= 4 is 38.8 Å². The number of piperidine rings is 1. The lowest BCUT2D eigenvalue weighted by atomic mass is 10.1. The van der Waals surface area contributed by atoms with Crippen LogP contribution in [0.3, 0.4) is 0 Å². The van der Waals surface area contributed by atoms with Crippen molar-refractivity contribution in [1.82, 2.24) is 0 Å². The molecule has 2 bridgehead atoms. The van der Waals surface area contributed by atoms with Crippen molar-refractivity contribution in [2.24, 2.45) is 11.7 Å². The molecule has 2 atom stereocenters. The minimum Gasteiger partial charge on any atom is -0.389 e. The molecule has 4 heteroatoms. The highest BCUT2D eigenvalue weighted by Gasteiger charge is 2.38. The molecule has 17 heavy (non-hydrogen) atoms. The lowest BCUT2D eigenvalue weighted by molar-refractivity contribution is 0.553. The summed E-state index contributed by atoms with van der Waals surface area (Å²) in [6.07, 6.45) is 4.04. The number of nitrogens with zero attached hydrogens (tertiary/aromatic N) is 1. The fraction of sp³-hybridized carbons (Fsp3) is 0.462. The summed E-state index contributed by atoms with van der Waals surface area (Å²) in [5, 5.41) is 0. The number of hydrogen-bond acceptors (Lipinski definition) is 2. The normalized spacial score (nSPS) is 26.5. The molecule has 1 saturated heterocycles. The van der Waals surface area contributed by atoms with Crippen molar-refractivity contribution < 1.29 is 0 Å². The van der Waals surface area contributed by atoms with Crippen molar-refractivity contribution in [2.75, 3.05) is 11.4 Å². The smallest absolute Gasteiger partial charge is 0.107 e. The molecule has 1 aliphatic carbocycles. The number of halogens is 1. The van der Waals surface area contributed by atoms with Gasteiger partial charge in [0.15, 0.2) is 0 Å². The highest BCUT2D eigenvalue weighted by molar-refractivity contribution is 9.10. The van der Waals surface area contributed by atoms with Gasteiger partial charge in [-0.25, -0.2) is 0 Å². The first kappa shape index (κ1) is 11.5. The molecule has 1 saturated carbocycles. The van der Waals surface area contributed by atoms with E-state index in [4.69, 9.17) is 18.0 Å². The maximum Gasteiger partial charge on any atom is 0.107 e. The Hall–Kier alpha value is -0.610.